The van der Waals surface area contributed by atoms with Crippen LogP contribution in [0, 0.1) is 4.77 Å². The number of sulfonamides is 1. The van der Waals surface area contributed by atoms with Crippen LogP contribution >= 0.6 is 35.4 Å². The lowest BCUT2D eigenvalue weighted by atomic mass is 10.2. The predicted octanol–water partition coefficient (Wildman–Crippen LogP) is 1.90. The van der Waals surface area contributed by atoms with Gasteiger partial charge in [0.05, 0.1) is 53.3 Å². The number of benzene rings is 1. The van der Waals surface area contributed by atoms with Gasteiger partial charge in [0.2, 0.25) is 14.8 Å². The molecular weight excluding hydrogens is 509 g/mol. The van der Waals surface area contributed by atoms with Crippen molar-refractivity contribution in [2.24, 2.45) is 0 Å². The highest BCUT2D eigenvalue weighted by atomic mass is 35.5. The topological polar surface area (TPSA) is 90.4 Å². The molecule has 1 N–H and O–H groups in total. The van der Waals surface area contributed by atoms with Gasteiger partial charge < -0.3 is 9.64 Å². The van der Waals surface area contributed by atoms with Crippen molar-refractivity contribution in [3.63, 3.8) is 0 Å². The van der Waals surface area contributed by atoms with E-state index in [9.17, 15) is 13.2 Å². The second-order valence-corrected chi connectivity index (χ2v) is 10.7. The van der Waals surface area contributed by atoms with Crippen LogP contribution in [0.15, 0.2) is 41.4 Å². The van der Waals surface area contributed by atoms with Gasteiger partial charge in [0.25, 0.3) is 0 Å². The number of esters is 1. The van der Waals surface area contributed by atoms with Gasteiger partial charge in [-0.3, -0.25) is 4.40 Å². The van der Waals surface area contributed by atoms with Crippen LogP contribution in [0.3, 0.4) is 0 Å². The van der Waals surface area contributed by atoms with Gasteiger partial charge in [-0.25, -0.2) is 13.2 Å². The Morgan fingerprint density at radius 3 is 2.52 bits per heavy atom. The van der Waals surface area contributed by atoms with Crippen molar-refractivity contribution in [3.8, 4) is 0 Å². The number of nitrogens with one attached hydrogen (secondary N) is 1. The Morgan fingerprint density at radius 2 is 1.88 bits per heavy atom. The van der Waals surface area contributed by atoms with Crippen LogP contribution in [0.5, 0.6) is 0 Å². The molecule has 3 heterocycles. The first-order chi connectivity index (χ1) is 15.7. The summed E-state index contributed by atoms with van der Waals surface area (Å²) in [5, 5.41) is 5.36. The van der Waals surface area contributed by atoms with Crippen LogP contribution in [0.4, 0.5) is 0 Å². The molecule has 0 spiro atoms. The monoisotopic (exact) mass is 530 g/mol. The van der Waals surface area contributed by atoms with Gasteiger partial charge in [-0.05, 0) is 49.5 Å². The highest BCUT2D eigenvalue weighted by Gasteiger charge is 2.31. The molecule has 176 valence electrons. The number of rotatable bonds is 6. The highest BCUT2D eigenvalue weighted by molar-refractivity contribution is 7.89. The van der Waals surface area contributed by atoms with Crippen LogP contribution in [-0.4, -0.2) is 65.7 Å². The summed E-state index contributed by atoms with van der Waals surface area (Å²) >= 11 is 17.8. The van der Waals surface area contributed by atoms with Crippen LogP contribution in [-0.2, 0) is 21.4 Å². The molecule has 33 heavy (non-hydrogen) atoms. The summed E-state index contributed by atoms with van der Waals surface area (Å²) in [6.45, 7) is 4.33. The fourth-order valence-corrected chi connectivity index (χ4v) is 5.88. The fraction of sp³-hybridized carbons (Fsp3) is 0.350. The van der Waals surface area contributed by atoms with Crippen LogP contribution in [0.2, 0.25) is 10.0 Å². The first-order valence-corrected chi connectivity index (χ1v) is 12.9. The standard InChI is InChI=1S/C20H21Cl2N5O4S2/c1-2-31-19(28)14-3-5-16(6-4-14)33(29,30)25-9-7-24(8-10-25)13-27-20(32)26-12-15(21)11-17(22)18(26)23-27/h3-6,11-12H,2,7-10,13H2,1H3/p+1. The third kappa shape index (κ3) is 4.93. The third-order valence-electron chi connectivity index (χ3n) is 5.41. The Morgan fingerprint density at radius 1 is 1.21 bits per heavy atom. The molecule has 0 bridgehead atoms. The maximum Gasteiger partial charge on any atom is 0.338 e. The summed E-state index contributed by atoms with van der Waals surface area (Å²) in [7, 11) is -3.66. The third-order valence-corrected chi connectivity index (χ3v) is 8.21. The van der Waals surface area contributed by atoms with Crippen molar-refractivity contribution in [2.75, 3.05) is 32.8 Å². The summed E-state index contributed by atoms with van der Waals surface area (Å²) in [6.07, 6.45) is 1.67. The Labute approximate surface area is 206 Å². The Hall–Kier alpha value is -2.02. The van der Waals surface area contributed by atoms with Crippen LogP contribution < -0.4 is 4.90 Å². The zero-order chi connectivity index (χ0) is 23.8. The van der Waals surface area contributed by atoms with E-state index in [1.54, 1.807) is 28.3 Å². The van der Waals surface area contributed by atoms with E-state index in [0.717, 1.165) is 4.90 Å². The minimum atomic E-state index is -3.66. The van der Waals surface area contributed by atoms with E-state index >= 15 is 0 Å². The molecule has 1 aromatic carbocycles. The number of hydrogen-bond acceptors (Lipinski definition) is 6. The largest absolute Gasteiger partial charge is 0.462 e. The van der Waals surface area contributed by atoms with Gasteiger partial charge in [-0.1, -0.05) is 23.2 Å². The Bertz CT molecular complexity index is 1350. The number of pyridine rings is 1. The molecule has 0 atom stereocenters. The molecule has 1 aliphatic rings. The SMILES string of the molecule is CCOC(=O)c1ccc(S(=O)(=O)N2CC[NH+](Cn3nc4c(Cl)cc(Cl)cn4c3=S)CC2)cc1. The molecule has 0 aliphatic carbocycles. The van der Waals surface area contributed by atoms with E-state index in [2.05, 4.69) is 5.10 Å². The number of piperazine rings is 1. The second-order valence-electron chi connectivity index (χ2n) is 7.54. The molecule has 1 saturated heterocycles. The van der Waals surface area contributed by atoms with Gasteiger partial charge in [0, 0.05) is 6.20 Å². The van der Waals surface area contributed by atoms with Crippen molar-refractivity contribution in [3.05, 3.63) is 56.9 Å². The number of aromatic nitrogens is 3. The van der Waals surface area contributed by atoms with E-state index in [1.165, 1.54) is 28.6 Å². The van der Waals surface area contributed by atoms with Gasteiger partial charge >= 0.3 is 5.97 Å². The maximum absolute atomic E-state index is 13.0. The fourth-order valence-electron chi connectivity index (χ4n) is 3.69. The molecule has 0 unspecified atom stereocenters. The number of nitrogens with zero attached hydrogens (tertiary/aromatic N) is 4. The van der Waals surface area contributed by atoms with Crippen LogP contribution in [0.1, 0.15) is 17.3 Å². The number of ether oxygens (including phenoxy) is 1. The van der Waals surface area contributed by atoms with E-state index in [1.807, 2.05) is 0 Å². The molecule has 13 heteroatoms. The van der Waals surface area contributed by atoms with Crippen LogP contribution in [0.25, 0.3) is 5.65 Å². The lowest BCUT2D eigenvalue weighted by Crippen LogP contribution is -3.14. The van der Waals surface area contributed by atoms with E-state index in [-0.39, 0.29) is 11.5 Å². The van der Waals surface area contributed by atoms with Gasteiger partial charge in [0.1, 0.15) is 0 Å². The first kappa shape index (κ1) is 24.1. The molecule has 0 amide bonds. The first-order valence-electron chi connectivity index (χ1n) is 10.3. The molecular formula is C20H22Cl2N5O4S2+. The number of hydrogen-bond donors (Lipinski definition) is 1. The van der Waals surface area contributed by atoms with Crippen molar-refractivity contribution >= 4 is 57.1 Å². The Balaban J connectivity index is 1.43. The minimum absolute atomic E-state index is 0.146. The summed E-state index contributed by atoms with van der Waals surface area (Å²) in [5.74, 6) is -0.479. The predicted molar refractivity (Wildman–Crippen MR) is 126 cm³/mol. The molecule has 1 fully saturated rings. The van der Waals surface area contributed by atoms with Crippen molar-refractivity contribution in [1.29, 1.82) is 0 Å². The van der Waals surface area contributed by atoms with Gasteiger partial charge in [0.15, 0.2) is 12.3 Å². The summed E-state index contributed by atoms with van der Waals surface area (Å²) in [6, 6.07) is 7.42. The zero-order valence-electron chi connectivity index (χ0n) is 17.7. The maximum atomic E-state index is 13.0. The summed E-state index contributed by atoms with van der Waals surface area (Å²) < 4.78 is 36.3. The molecule has 0 saturated carbocycles. The summed E-state index contributed by atoms with van der Waals surface area (Å²) in [4.78, 5) is 13.1. The molecule has 0 radical (unpaired) electrons. The molecule has 1 aliphatic heterocycles. The molecule has 2 aromatic heterocycles. The average Bonchev–Trinajstić information content (AvgIpc) is 3.10. The van der Waals surface area contributed by atoms with E-state index < -0.39 is 16.0 Å². The molecule has 9 nitrogen and oxygen atoms in total. The normalized spacial score (nSPS) is 15.7. The molecule has 3 aromatic rings. The second kappa shape index (κ2) is 9.69. The minimum Gasteiger partial charge on any atom is -0.462 e. The lowest BCUT2D eigenvalue weighted by Gasteiger charge is -2.31. The Kier molecular flexibility index (Phi) is 7.08. The molecule has 4 rings (SSSR count). The van der Waals surface area contributed by atoms with Crippen molar-refractivity contribution < 1.29 is 22.8 Å². The number of carbonyl (C=O) groups excluding carboxylic acids is 1. The van der Waals surface area contributed by atoms with Crippen molar-refractivity contribution in [2.45, 2.75) is 18.5 Å². The number of quaternary nitrogens is 1. The van der Waals surface area contributed by atoms with E-state index in [0.29, 0.717) is 58.9 Å². The number of carbonyl (C=O) groups is 1. The summed E-state index contributed by atoms with van der Waals surface area (Å²) in [5.41, 5.74) is 0.841. The smallest absolute Gasteiger partial charge is 0.338 e. The number of fused-ring (bicyclic) bond motifs is 1. The zero-order valence-corrected chi connectivity index (χ0v) is 20.8. The van der Waals surface area contributed by atoms with E-state index in [4.69, 9.17) is 40.2 Å². The van der Waals surface area contributed by atoms with Gasteiger partial charge in [-0.2, -0.15) is 8.99 Å². The average molecular weight is 531 g/mol. The van der Waals surface area contributed by atoms with Crippen molar-refractivity contribution in [1.82, 2.24) is 18.5 Å². The quantitative estimate of drug-likeness (QED) is 0.386. The number of halogens is 2. The lowest BCUT2D eigenvalue weighted by molar-refractivity contribution is -0.926. The highest BCUT2D eigenvalue weighted by Crippen LogP contribution is 2.21. The van der Waals surface area contributed by atoms with Gasteiger partial charge in [-0.15, -0.1) is 5.10 Å².